The van der Waals surface area contributed by atoms with Gasteiger partial charge in [-0.1, -0.05) is 25.6 Å². The van der Waals surface area contributed by atoms with Crippen LogP contribution in [-0.2, 0) is 4.79 Å². The van der Waals surface area contributed by atoms with Crippen molar-refractivity contribution in [2.24, 2.45) is 5.92 Å². The maximum atomic E-state index is 11.2. The van der Waals surface area contributed by atoms with E-state index in [1.165, 1.54) is 11.9 Å². The molecule has 1 unspecified atom stereocenters. The molecule has 1 aliphatic heterocycles. The van der Waals surface area contributed by atoms with Crippen LogP contribution in [-0.4, -0.2) is 28.3 Å². The molecule has 0 aromatic rings. The molecule has 1 fully saturated rings. The van der Waals surface area contributed by atoms with Gasteiger partial charge in [0.2, 0.25) is 5.91 Å². The fourth-order valence-electron chi connectivity index (χ4n) is 0.940. The molecule has 0 radical (unpaired) electrons. The zero-order valence-electron chi connectivity index (χ0n) is 6.83. The number of rotatable bonds is 1. The number of nitrogens with zero attached hydrogens (tertiary/aromatic N) is 1. The summed E-state index contributed by atoms with van der Waals surface area (Å²) in [5.41, 5.74) is 0. The van der Waals surface area contributed by atoms with E-state index in [9.17, 15) is 9.59 Å². The summed E-state index contributed by atoms with van der Waals surface area (Å²) >= 11 is 1.13. The predicted octanol–water partition coefficient (Wildman–Crippen LogP) is 1.34. The number of carbonyl (C=O) groups is 2. The van der Waals surface area contributed by atoms with Crippen LogP contribution in [0.3, 0.4) is 0 Å². The zero-order valence-corrected chi connectivity index (χ0v) is 7.64. The van der Waals surface area contributed by atoms with Gasteiger partial charge in [-0.15, -0.1) is 0 Å². The Hall–Kier alpha value is -0.510. The van der Waals surface area contributed by atoms with E-state index in [0.29, 0.717) is 0 Å². The number of carbonyl (C=O) groups excluding carboxylic acids is 2. The van der Waals surface area contributed by atoms with Crippen molar-refractivity contribution in [1.29, 1.82) is 0 Å². The number of hydrogen-bond acceptors (Lipinski definition) is 3. The van der Waals surface area contributed by atoms with E-state index in [1.54, 1.807) is 0 Å². The van der Waals surface area contributed by atoms with Gasteiger partial charge in [-0.05, 0) is 5.92 Å². The molecule has 2 amide bonds. The van der Waals surface area contributed by atoms with Crippen molar-refractivity contribution < 1.29 is 9.59 Å². The third kappa shape index (κ3) is 1.40. The maximum Gasteiger partial charge on any atom is 0.288 e. The SMILES string of the molecule is CC(C)C1SC(=O)N(C)C1=O. The molecule has 0 N–H and O–H groups in total. The Kier molecular flexibility index (Phi) is 2.23. The number of amides is 2. The van der Waals surface area contributed by atoms with Gasteiger partial charge in [-0.2, -0.15) is 0 Å². The van der Waals surface area contributed by atoms with Crippen molar-refractivity contribution in [1.82, 2.24) is 4.90 Å². The lowest BCUT2D eigenvalue weighted by Gasteiger charge is -2.09. The number of thioether (sulfide) groups is 1. The highest BCUT2D eigenvalue weighted by molar-refractivity contribution is 8.15. The standard InChI is InChI=1S/C7H11NO2S/c1-4(2)5-6(9)8(3)7(10)11-5/h4-5H,1-3H3. The Morgan fingerprint density at radius 2 is 2.00 bits per heavy atom. The fraction of sp³-hybridized carbons (Fsp3) is 0.714. The smallest absolute Gasteiger partial charge is 0.275 e. The minimum atomic E-state index is -0.160. The summed E-state index contributed by atoms with van der Waals surface area (Å²) in [5.74, 6) is 0.177. The molecule has 11 heavy (non-hydrogen) atoms. The topological polar surface area (TPSA) is 37.4 Å². The molecule has 1 saturated heterocycles. The Morgan fingerprint density at radius 1 is 1.45 bits per heavy atom. The lowest BCUT2D eigenvalue weighted by molar-refractivity contribution is -0.126. The van der Waals surface area contributed by atoms with Crippen LogP contribution < -0.4 is 0 Å². The van der Waals surface area contributed by atoms with Gasteiger partial charge in [-0.25, -0.2) is 0 Å². The Labute approximate surface area is 70.1 Å². The van der Waals surface area contributed by atoms with Gasteiger partial charge < -0.3 is 0 Å². The molecule has 0 aliphatic carbocycles. The van der Waals surface area contributed by atoms with Crippen LogP contribution in [0.2, 0.25) is 0 Å². The average Bonchev–Trinajstić information content (AvgIpc) is 2.17. The Balaban J connectivity index is 2.75. The molecule has 3 nitrogen and oxygen atoms in total. The van der Waals surface area contributed by atoms with Crippen molar-refractivity contribution in [2.45, 2.75) is 19.1 Å². The quantitative estimate of drug-likeness (QED) is 0.600. The van der Waals surface area contributed by atoms with Crippen molar-refractivity contribution in [2.75, 3.05) is 7.05 Å². The lowest BCUT2D eigenvalue weighted by Crippen LogP contribution is -2.29. The molecule has 1 rings (SSSR count). The second kappa shape index (κ2) is 2.85. The molecule has 0 saturated carbocycles. The Bertz CT molecular complexity index is 203. The van der Waals surface area contributed by atoms with Gasteiger partial charge in [0.25, 0.3) is 5.24 Å². The molecule has 1 aliphatic rings. The van der Waals surface area contributed by atoms with Crippen LogP contribution >= 0.6 is 11.8 Å². The molecule has 62 valence electrons. The third-order valence-electron chi connectivity index (χ3n) is 1.68. The monoisotopic (exact) mass is 173 g/mol. The summed E-state index contributed by atoms with van der Waals surface area (Å²) in [4.78, 5) is 23.4. The maximum absolute atomic E-state index is 11.2. The van der Waals surface area contributed by atoms with Crippen LogP contribution in [0.25, 0.3) is 0 Å². The van der Waals surface area contributed by atoms with E-state index in [-0.39, 0.29) is 22.3 Å². The van der Waals surface area contributed by atoms with E-state index in [1.807, 2.05) is 13.8 Å². The highest BCUT2D eigenvalue weighted by Gasteiger charge is 2.38. The second-order valence-electron chi connectivity index (χ2n) is 2.95. The highest BCUT2D eigenvalue weighted by Crippen LogP contribution is 2.30. The van der Waals surface area contributed by atoms with Crippen LogP contribution in [0, 0.1) is 5.92 Å². The van der Waals surface area contributed by atoms with Gasteiger partial charge in [0.1, 0.15) is 0 Å². The number of imide groups is 1. The largest absolute Gasteiger partial charge is 0.288 e. The van der Waals surface area contributed by atoms with Gasteiger partial charge in [0.15, 0.2) is 0 Å². The van der Waals surface area contributed by atoms with Crippen molar-refractivity contribution in [3.8, 4) is 0 Å². The molecule has 0 aromatic carbocycles. The van der Waals surface area contributed by atoms with Crippen LogP contribution in [0.1, 0.15) is 13.8 Å². The molecular weight excluding hydrogens is 162 g/mol. The van der Waals surface area contributed by atoms with Crippen molar-refractivity contribution in [3.63, 3.8) is 0 Å². The first-order valence-electron chi connectivity index (χ1n) is 3.52. The molecule has 0 spiro atoms. The molecule has 4 heteroatoms. The van der Waals surface area contributed by atoms with E-state index in [4.69, 9.17) is 0 Å². The normalized spacial score (nSPS) is 25.5. The van der Waals surface area contributed by atoms with E-state index in [2.05, 4.69) is 0 Å². The molecule has 0 bridgehead atoms. The second-order valence-corrected chi connectivity index (χ2v) is 4.04. The van der Waals surface area contributed by atoms with Gasteiger partial charge in [-0.3, -0.25) is 14.5 Å². The van der Waals surface area contributed by atoms with Gasteiger partial charge >= 0.3 is 0 Å². The van der Waals surface area contributed by atoms with Crippen LogP contribution in [0.5, 0.6) is 0 Å². The van der Waals surface area contributed by atoms with E-state index < -0.39 is 0 Å². The minimum absolute atomic E-state index is 0.0602. The first kappa shape index (κ1) is 8.59. The van der Waals surface area contributed by atoms with E-state index in [0.717, 1.165) is 11.8 Å². The van der Waals surface area contributed by atoms with Crippen molar-refractivity contribution in [3.05, 3.63) is 0 Å². The van der Waals surface area contributed by atoms with Gasteiger partial charge in [0.05, 0.1) is 5.25 Å². The van der Waals surface area contributed by atoms with Crippen LogP contribution in [0.4, 0.5) is 4.79 Å². The summed E-state index contributed by atoms with van der Waals surface area (Å²) in [6, 6.07) is 0. The predicted molar refractivity (Wildman–Crippen MR) is 44.4 cm³/mol. The molecule has 0 aromatic heterocycles. The summed E-state index contributed by atoms with van der Waals surface area (Å²) in [7, 11) is 1.53. The average molecular weight is 173 g/mol. The summed E-state index contributed by atoms with van der Waals surface area (Å²) in [6.45, 7) is 3.89. The van der Waals surface area contributed by atoms with Crippen LogP contribution in [0.15, 0.2) is 0 Å². The molecular formula is C7H11NO2S. The summed E-state index contributed by atoms with van der Waals surface area (Å²) in [6.07, 6.45) is 0. The third-order valence-corrected chi connectivity index (χ3v) is 3.16. The first-order chi connectivity index (χ1) is 5.04. The molecule has 1 heterocycles. The highest BCUT2D eigenvalue weighted by atomic mass is 32.2. The Morgan fingerprint density at radius 3 is 2.18 bits per heavy atom. The minimum Gasteiger partial charge on any atom is -0.275 e. The fourth-order valence-corrected chi connectivity index (χ4v) is 1.94. The van der Waals surface area contributed by atoms with E-state index >= 15 is 0 Å². The zero-order chi connectivity index (χ0) is 8.59. The molecule has 1 atom stereocenters. The lowest BCUT2D eigenvalue weighted by atomic mass is 10.1. The first-order valence-corrected chi connectivity index (χ1v) is 4.40. The van der Waals surface area contributed by atoms with Crippen molar-refractivity contribution >= 4 is 22.9 Å². The van der Waals surface area contributed by atoms with Gasteiger partial charge in [0, 0.05) is 7.05 Å². The summed E-state index contributed by atoms with van der Waals surface area (Å²) < 4.78 is 0. The summed E-state index contributed by atoms with van der Waals surface area (Å²) in [5, 5.41) is -0.291. The number of hydrogen-bond donors (Lipinski definition) is 0.